The number of rotatable bonds is 2. The molecule has 1 rings (SSSR count). The normalized spacial score (nSPS) is 9.93. The molecule has 0 atom stereocenters. The lowest BCUT2D eigenvalue weighted by molar-refractivity contribution is -0.114. The predicted molar refractivity (Wildman–Crippen MR) is 59.9 cm³/mol. The molecule has 0 aromatic carbocycles. The number of carbonyl (C=O) groups excluding carboxylic acids is 2. The van der Waals surface area contributed by atoms with Crippen molar-refractivity contribution >= 4 is 39.1 Å². The Labute approximate surface area is 90.9 Å². The van der Waals surface area contributed by atoms with Crippen LogP contribution in [0.1, 0.15) is 19.4 Å². The Morgan fingerprint density at radius 3 is 2.57 bits per heavy atom. The lowest BCUT2D eigenvalue weighted by atomic mass is 10.4. The zero-order valence-corrected chi connectivity index (χ0v) is 9.84. The Morgan fingerprint density at radius 2 is 2.07 bits per heavy atom. The third-order valence-electron chi connectivity index (χ3n) is 1.45. The molecule has 76 valence electrons. The van der Waals surface area contributed by atoms with Gasteiger partial charge in [-0.3, -0.25) is 9.59 Å². The van der Waals surface area contributed by atoms with Crippen LogP contribution in [0.4, 0.5) is 5.00 Å². The van der Waals surface area contributed by atoms with E-state index >= 15 is 0 Å². The summed E-state index contributed by atoms with van der Waals surface area (Å²) in [5.74, 6) is -0.114. The summed E-state index contributed by atoms with van der Waals surface area (Å²) in [5, 5.41) is 5.42. The summed E-state index contributed by atoms with van der Waals surface area (Å²) in [7, 11) is 0. The maximum absolute atomic E-state index is 11.0. The minimum atomic E-state index is -0.114. The number of nitrogens with one attached hydrogen (secondary N) is 1. The molecule has 0 aliphatic carbocycles. The van der Waals surface area contributed by atoms with Gasteiger partial charge in [0.1, 0.15) is 5.00 Å². The van der Waals surface area contributed by atoms with Crippen molar-refractivity contribution < 1.29 is 9.59 Å². The summed E-state index contributed by atoms with van der Waals surface area (Å²) >= 11 is 2.60. The SMILES string of the molecule is CC(=O)Nc1scc(C)c1SC(C)=O. The Balaban J connectivity index is 2.93. The molecule has 1 N–H and O–H groups in total. The van der Waals surface area contributed by atoms with Crippen molar-refractivity contribution in [3.63, 3.8) is 0 Å². The van der Waals surface area contributed by atoms with E-state index in [2.05, 4.69) is 5.32 Å². The number of aryl methyl sites for hydroxylation is 1. The highest BCUT2D eigenvalue weighted by Crippen LogP contribution is 2.36. The summed E-state index contributed by atoms with van der Waals surface area (Å²) < 4.78 is 0. The van der Waals surface area contributed by atoms with Crippen molar-refractivity contribution in [2.75, 3.05) is 5.32 Å². The highest BCUT2D eigenvalue weighted by molar-refractivity contribution is 8.13. The first-order chi connectivity index (χ1) is 6.50. The highest BCUT2D eigenvalue weighted by atomic mass is 32.2. The van der Waals surface area contributed by atoms with Crippen LogP contribution in [0, 0.1) is 6.92 Å². The van der Waals surface area contributed by atoms with Crippen LogP contribution in [-0.2, 0) is 9.59 Å². The second kappa shape index (κ2) is 4.61. The second-order valence-corrected chi connectivity index (χ2v) is 4.92. The van der Waals surface area contributed by atoms with Gasteiger partial charge in [-0.1, -0.05) is 0 Å². The van der Waals surface area contributed by atoms with E-state index in [0.717, 1.165) is 27.2 Å². The van der Waals surface area contributed by atoms with Crippen molar-refractivity contribution in [1.82, 2.24) is 0 Å². The quantitative estimate of drug-likeness (QED) is 0.793. The second-order valence-electron chi connectivity index (χ2n) is 2.85. The van der Waals surface area contributed by atoms with Gasteiger partial charge >= 0.3 is 0 Å². The van der Waals surface area contributed by atoms with Crippen molar-refractivity contribution in [3.05, 3.63) is 10.9 Å². The monoisotopic (exact) mass is 229 g/mol. The minimum absolute atomic E-state index is 0.0260. The third kappa shape index (κ3) is 2.85. The first-order valence-electron chi connectivity index (χ1n) is 4.04. The van der Waals surface area contributed by atoms with Crippen LogP contribution < -0.4 is 5.32 Å². The smallest absolute Gasteiger partial charge is 0.221 e. The van der Waals surface area contributed by atoms with Crippen LogP contribution in [0.2, 0.25) is 0 Å². The number of thioether (sulfide) groups is 1. The lowest BCUT2D eigenvalue weighted by Gasteiger charge is -2.02. The molecule has 1 amide bonds. The molecular formula is C9H11NO2S2. The number of thiophene rings is 1. The third-order valence-corrected chi connectivity index (χ3v) is 3.61. The molecule has 0 saturated carbocycles. The maximum Gasteiger partial charge on any atom is 0.221 e. The minimum Gasteiger partial charge on any atom is -0.317 e. The van der Waals surface area contributed by atoms with Crippen LogP contribution in [-0.4, -0.2) is 11.0 Å². The standard InChI is InChI=1S/C9H11NO2S2/c1-5-4-13-9(10-6(2)11)8(5)14-7(3)12/h4H,1-3H3,(H,10,11). The van der Waals surface area contributed by atoms with Crippen molar-refractivity contribution in [3.8, 4) is 0 Å². The molecule has 1 heterocycles. The number of hydrogen-bond donors (Lipinski definition) is 1. The molecular weight excluding hydrogens is 218 g/mol. The molecule has 0 radical (unpaired) electrons. The molecule has 0 unspecified atom stereocenters. The Hall–Kier alpha value is -0.810. The highest BCUT2D eigenvalue weighted by Gasteiger charge is 2.12. The fourth-order valence-corrected chi connectivity index (χ4v) is 2.83. The van der Waals surface area contributed by atoms with Gasteiger partial charge in [0.15, 0.2) is 5.12 Å². The molecule has 3 nitrogen and oxygen atoms in total. The van der Waals surface area contributed by atoms with Crippen molar-refractivity contribution in [2.24, 2.45) is 0 Å². The van der Waals surface area contributed by atoms with Crippen LogP contribution >= 0.6 is 23.1 Å². The fourth-order valence-electron chi connectivity index (χ4n) is 0.950. The topological polar surface area (TPSA) is 46.2 Å². The number of hydrogen-bond acceptors (Lipinski definition) is 4. The van der Waals surface area contributed by atoms with Crippen LogP contribution in [0.15, 0.2) is 10.3 Å². The number of amides is 1. The molecule has 5 heteroatoms. The summed E-state index contributed by atoms with van der Waals surface area (Å²) in [5.41, 5.74) is 1.03. The van der Waals surface area contributed by atoms with Crippen molar-refractivity contribution in [1.29, 1.82) is 0 Å². The summed E-state index contributed by atoms with van der Waals surface area (Å²) in [4.78, 5) is 22.7. The molecule has 0 bridgehead atoms. The van der Waals surface area contributed by atoms with E-state index in [1.54, 1.807) is 0 Å². The van der Waals surface area contributed by atoms with E-state index in [1.807, 2.05) is 12.3 Å². The van der Waals surface area contributed by atoms with Gasteiger partial charge in [-0.2, -0.15) is 0 Å². The van der Waals surface area contributed by atoms with E-state index in [4.69, 9.17) is 0 Å². The van der Waals surface area contributed by atoms with Crippen molar-refractivity contribution in [2.45, 2.75) is 25.7 Å². The van der Waals surface area contributed by atoms with Gasteiger partial charge in [-0.05, 0) is 29.6 Å². The Morgan fingerprint density at radius 1 is 1.43 bits per heavy atom. The van der Waals surface area contributed by atoms with E-state index in [0.29, 0.717) is 0 Å². The van der Waals surface area contributed by atoms with Gasteiger partial charge in [0.2, 0.25) is 5.91 Å². The van der Waals surface area contributed by atoms with Gasteiger partial charge < -0.3 is 5.32 Å². The van der Waals surface area contributed by atoms with Gasteiger partial charge in [0, 0.05) is 13.8 Å². The largest absolute Gasteiger partial charge is 0.317 e. The molecule has 1 aromatic heterocycles. The van der Waals surface area contributed by atoms with E-state index in [9.17, 15) is 9.59 Å². The van der Waals surface area contributed by atoms with Gasteiger partial charge in [-0.15, -0.1) is 11.3 Å². The fraction of sp³-hybridized carbons (Fsp3) is 0.333. The average Bonchev–Trinajstić information content (AvgIpc) is 2.34. The first kappa shape index (κ1) is 11.3. The number of anilines is 1. The Kier molecular flexibility index (Phi) is 3.71. The molecule has 1 aromatic rings. The van der Waals surface area contributed by atoms with Crippen LogP contribution in [0.3, 0.4) is 0 Å². The summed E-state index contributed by atoms with van der Waals surface area (Å²) in [6.45, 7) is 4.89. The predicted octanol–water partition coefficient (Wildman–Crippen LogP) is 2.65. The molecule has 0 saturated heterocycles. The first-order valence-corrected chi connectivity index (χ1v) is 5.74. The van der Waals surface area contributed by atoms with Gasteiger partial charge in [0.05, 0.1) is 4.90 Å². The Bertz CT molecular complexity index is 371. The summed E-state index contributed by atoms with van der Waals surface area (Å²) in [6, 6.07) is 0. The molecule has 0 aliphatic heterocycles. The molecule has 14 heavy (non-hydrogen) atoms. The van der Waals surface area contributed by atoms with Gasteiger partial charge in [-0.25, -0.2) is 0 Å². The molecule has 0 fully saturated rings. The number of carbonyl (C=O) groups is 2. The van der Waals surface area contributed by atoms with Crippen LogP contribution in [0.5, 0.6) is 0 Å². The zero-order chi connectivity index (χ0) is 10.7. The maximum atomic E-state index is 11.0. The van der Waals surface area contributed by atoms with E-state index in [1.165, 1.54) is 25.2 Å². The summed E-state index contributed by atoms with van der Waals surface area (Å²) in [6.07, 6.45) is 0. The van der Waals surface area contributed by atoms with Crippen LogP contribution in [0.25, 0.3) is 0 Å². The molecule has 0 spiro atoms. The van der Waals surface area contributed by atoms with Gasteiger partial charge in [0.25, 0.3) is 0 Å². The van der Waals surface area contributed by atoms with E-state index < -0.39 is 0 Å². The molecule has 0 aliphatic rings. The average molecular weight is 229 g/mol. The zero-order valence-electron chi connectivity index (χ0n) is 8.21. The van der Waals surface area contributed by atoms with E-state index in [-0.39, 0.29) is 11.0 Å². The lowest BCUT2D eigenvalue weighted by Crippen LogP contribution is -2.05.